The highest BCUT2D eigenvalue weighted by molar-refractivity contribution is 6.23. The van der Waals surface area contributed by atoms with E-state index >= 15 is 0 Å². The summed E-state index contributed by atoms with van der Waals surface area (Å²) in [5, 5.41) is 2.77. The molecule has 0 bridgehead atoms. The van der Waals surface area contributed by atoms with Crippen molar-refractivity contribution in [2.24, 2.45) is 0 Å². The Hall–Kier alpha value is -1.15. The van der Waals surface area contributed by atoms with E-state index in [-0.39, 0.29) is 11.9 Å². The third kappa shape index (κ3) is 2.84. The molecule has 1 amide bonds. The molecule has 0 atom stereocenters. The van der Waals surface area contributed by atoms with Gasteiger partial charge in [0.25, 0.3) is 0 Å². The van der Waals surface area contributed by atoms with Crippen LogP contribution in [0.4, 0.5) is 0 Å². The normalized spacial score (nSPS) is 18.0. The van der Waals surface area contributed by atoms with E-state index in [4.69, 9.17) is 5.53 Å². The molecule has 0 saturated heterocycles. The van der Waals surface area contributed by atoms with Gasteiger partial charge in [-0.15, -0.1) is 0 Å². The summed E-state index contributed by atoms with van der Waals surface area (Å²) in [7, 11) is 0. The summed E-state index contributed by atoms with van der Waals surface area (Å²) in [6.45, 7) is 0. The maximum atomic E-state index is 10.9. The predicted octanol–water partition coefficient (Wildman–Crippen LogP) is 0.736. The Morgan fingerprint density at radius 1 is 1.42 bits per heavy atom. The molecule has 1 N–H and O–H groups in total. The summed E-state index contributed by atoms with van der Waals surface area (Å²) >= 11 is 0. The van der Waals surface area contributed by atoms with Crippen LogP contribution in [0.2, 0.25) is 0 Å². The molecule has 4 heteroatoms. The Morgan fingerprint density at radius 3 is 2.67 bits per heavy atom. The number of rotatable bonds is 2. The van der Waals surface area contributed by atoms with Crippen LogP contribution in [0.1, 0.15) is 32.1 Å². The average Bonchev–Trinajstić information content (AvgIpc) is 2.06. The minimum absolute atomic E-state index is 0.282. The van der Waals surface area contributed by atoms with Gasteiger partial charge in [-0.05, 0) is 12.8 Å². The van der Waals surface area contributed by atoms with Gasteiger partial charge in [-0.3, -0.25) is 4.79 Å². The SMILES string of the molecule is [N-]=[N+]=CC(=O)NC1CCCCC1. The molecule has 0 aliphatic heterocycles. The number of hydrogen-bond donors (Lipinski definition) is 1. The van der Waals surface area contributed by atoms with E-state index in [0.717, 1.165) is 19.1 Å². The number of nitrogens with zero attached hydrogens (tertiary/aromatic N) is 2. The van der Waals surface area contributed by atoms with Gasteiger partial charge in [-0.2, -0.15) is 4.79 Å². The summed E-state index contributed by atoms with van der Waals surface area (Å²) < 4.78 is 0. The van der Waals surface area contributed by atoms with Crippen molar-refractivity contribution in [1.82, 2.24) is 5.32 Å². The molecule has 12 heavy (non-hydrogen) atoms. The van der Waals surface area contributed by atoms with Gasteiger partial charge in [0.05, 0.1) is 0 Å². The lowest BCUT2D eigenvalue weighted by atomic mass is 9.95. The van der Waals surface area contributed by atoms with Crippen LogP contribution in [0.3, 0.4) is 0 Å². The molecule has 66 valence electrons. The van der Waals surface area contributed by atoms with Gasteiger partial charge in [-0.25, -0.2) is 0 Å². The standard InChI is InChI=1S/C8H13N3O/c9-10-6-8(12)11-7-4-2-1-3-5-7/h6-7H,1-5H2,(H,11,12). The van der Waals surface area contributed by atoms with E-state index in [9.17, 15) is 4.79 Å². The van der Waals surface area contributed by atoms with Crippen molar-refractivity contribution >= 4 is 12.1 Å². The second-order valence-corrected chi connectivity index (χ2v) is 3.09. The van der Waals surface area contributed by atoms with Crippen molar-refractivity contribution in [3.05, 3.63) is 5.53 Å². The molecule has 0 aromatic carbocycles. The molecule has 0 aromatic rings. The lowest BCUT2D eigenvalue weighted by molar-refractivity contribution is -0.118. The first-order valence-electron chi connectivity index (χ1n) is 4.31. The van der Waals surface area contributed by atoms with E-state index in [1.165, 1.54) is 19.3 Å². The summed E-state index contributed by atoms with van der Waals surface area (Å²) in [6, 6.07) is 0.282. The van der Waals surface area contributed by atoms with Gasteiger partial charge in [0, 0.05) is 6.04 Å². The average molecular weight is 167 g/mol. The molecule has 1 saturated carbocycles. The number of hydrogen-bond acceptors (Lipinski definition) is 1. The van der Waals surface area contributed by atoms with Gasteiger partial charge in [-0.1, -0.05) is 19.3 Å². The van der Waals surface area contributed by atoms with Crippen molar-refractivity contribution in [1.29, 1.82) is 0 Å². The van der Waals surface area contributed by atoms with E-state index in [1.807, 2.05) is 0 Å². The highest BCUT2D eigenvalue weighted by Crippen LogP contribution is 2.16. The summed E-state index contributed by atoms with van der Waals surface area (Å²) in [5.41, 5.74) is 8.07. The Labute approximate surface area is 71.6 Å². The van der Waals surface area contributed by atoms with Crippen molar-refractivity contribution in [3.8, 4) is 0 Å². The molecule has 0 heterocycles. The molecule has 0 spiro atoms. The van der Waals surface area contributed by atoms with E-state index in [2.05, 4.69) is 10.1 Å². The van der Waals surface area contributed by atoms with Crippen LogP contribution in [0.15, 0.2) is 0 Å². The molecule has 0 radical (unpaired) electrons. The molecule has 1 fully saturated rings. The second kappa shape index (κ2) is 4.67. The first kappa shape index (κ1) is 8.94. The lowest BCUT2D eigenvalue weighted by Gasteiger charge is -2.20. The zero-order chi connectivity index (χ0) is 8.81. The smallest absolute Gasteiger partial charge is 0.344 e. The number of carbonyl (C=O) groups excluding carboxylic acids is 1. The molecule has 1 aliphatic carbocycles. The maximum absolute atomic E-state index is 10.9. The first-order chi connectivity index (χ1) is 5.83. The summed E-state index contributed by atoms with van der Waals surface area (Å²) in [5.74, 6) is -0.301. The number of carbonyl (C=O) groups is 1. The maximum Gasteiger partial charge on any atom is 0.344 e. The third-order valence-electron chi connectivity index (χ3n) is 2.13. The van der Waals surface area contributed by atoms with Crippen LogP contribution in [-0.2, 0) is 4.79 Å². The van der Waals surface area contributed by atoms with Crippen molar-refractivity contribution in [3.63, 3.8) is 0 Å². The van der Waals surface area contributed by atoms with Crippen LogP contribution < -0.4 is 5.32 Å². The highest BCUT2D eigenvalue weighted by Gasteiger charge is 2.15. The Bertz CT molecular complexity index is 202. The van der Waals surface area contributed by atoms with Crippen LogP contribution >= 0.6 is 0 Å². The van der Waals surface area contributed by atoms with Crippen molar-refractivity contribution < 1.29 is 9.58 Å². The lowest BCUT2D eigenvalue weighted by Crippen LogP contribution is -2.36. The second-order valence-electron chi connectivity index (χ2n) is 3.09. The third-order valence-corrected chi connectivity index (χ3v) is 2.13. The van der Waals surface area contributed by atoms with Crippen molar-refractivity contribution in [2.45, 2.75) is 38.1 Å². The van der Waals surface area contributed by atoms with Gasteiger partial charge < -0.3 is 10.8 Å². The molecule has 1 rings (SSSR count). The Kier molecular flexibility index (Phi) is 3.48. The first-order valence-corrected chi connectivity index (χ1v) is 4.31. The minimum atomic E-state index is -0.301. The molecule has 0 unspecified atom stereocenters. The topological polar surface area (TPSA) is 65.5 Å². The number of amides is 1. The molecule has 4 nitrogen and oxygen atoms in total. The van der Waals surface area contributed by atoms with Gasteiger partial charge in [0.15, 0.2) is 0 Å². The quantitative estimate of drug-likeness (QED) is 0.368. The molecule has 1 aliphatic rings. The molecular formula is C8H13N3O. The molecule has 0 aromatic heterocycles. The molecular weight excluding hydrogens is 154 g/mol. The van der Waals surface area contributed by atoms with Crippen LogP contribution in [0.5, 0.6) is 0 Å². The fourth-order valence-electron chi connectivity index (χ4n) is 1.54. The van der Waals surface area contributed by atoms with Crippen molar-refractivity contribution in [2.75, 3.05) is 0 Å². The van der Waals surface area contributed by atoms with Crippen LogP contribution in [0.25, 0.3) is 5.53 Å². The van der Waals surface area contributed by atoms with E-state index in [1.54, 1.807) is 0 Å². The van der Waals surface area contributed by atoms with Gasteiger partial charge >= 0.3 is 12.1 Å². The van der Waals surface area contributed by atoms with E-state index < -0.39 is 0 Å². The van der Waals surface area contributed by atoms with Crippen LogP contribution in [-0.4, -0.2) is 23.0 Å². The Morgan fingerprint density at radius 2 is 2.08 bits per heavy atom. The van der Waals surface area contributed by atoms with Crippen LogP contribution in [0, 0.1) is 0 Å². The monoisotopic (exact) mass is 167 g/mol. The Balaban J connectivity index is 2.29. The predicted molar refractivity (Wildman–Crippen MR) is 44.7 cm³/mol. The number of nitrogens with one attached hydrogen (secondary N) is 1. The minimum Gasteiger partial charge on any atom is -0.361 e. The summed E-state index contributed by atoms with van der Waals surface area (Å²) in [4.78, 5) is 13.6. The zero-order valence-corrected chi connectivity index (χ0v) is 6.99. The largest absolute Gasteiger partial charge is 0.361 e. The highest BCUT2D eigenvalue weighted by atomic mass is 16.1. The van der Waals surface area contributed by atoms with E-state index in [0.29, 0.717) is 0 Å². The fraction of sp³-hybridized carbons (Fsp3) is 0.750. The van der Waals surface area contributed by atoms with Gasteiger partial charge in [0.1, 0.15) is 0 Å². The summed E-state index contributed by atoms with van der Waals surface area (Å²) in [6.07, 6.45) is 6.62. The zero-order valence-electron chi connectivity index (χ0n) is 6.99. The fourth-order valence-corrected chi connectivity index (χ4v) is 1.54. The van der Waals surface area contributed by atoms with Gasteiger partial charge in [0.2, 0.25) is 0 Å².